The first-order chi connectivity index (χ1) is 10.3. The van der Waals surface area contributed by atoms with Gasteiger partial charge in [-0.15, -0.1) is 6.58 Å². The highest BCUT2D eigenvalue weighted by atomic mass is 16.3. The van der Waals surface area contributed by atoms with E-state index in [2.05, 4.69) is 16.8 Å². The maximum atomic E-state index is 12.3. The summed E-state index contributed by atoms with van der Waals surface area (Å²) in [4.78, 5) is 16.1. The van der Waals surface area contributed by atoms with Crippen molar-refractivity contribution in [2.45, 2.75) is 12.8 Å². The van der Waals surface area contributed by atoms with E-state index in [9.17, 15) is 4.79 Å². The van der Waals surface area contributed by atoms with E-state index >= 15 is 0 Å². The van der Waals surface area contributed by atoms with Gasteiger partial charge in [-0.3, -0.25) is 0 Å². The number of amides is 2. The van der Waals surface area contributed by atoms with Crippen LogP contribution in [-0.4, -0.2) is 48.8 Å². The number of hydrogen-bond donors (Lipinski definition) is 2. The summed E-state index contributed by atoms with van der Waals surface area (Å²) in [5.74, 6) is 0. The molecule has 0 aromatic heterocycles. The largest absolute Gasteiger partial charge is 0.395 e. The van der Waals surface area contributed by atoms with E-state index in [4.69, 9.17) is 5.11 Å². The fourth-order valence-corrected chi connectivity index (χ4v) is 2.56. The lowest BCUT2D eigenvalue weighted by Crippen LogP contribution is -2.37. The number of benzene rings is 1. The smallest absolute Gasteiger partial charge is 0.322 e. The number of nitrogens with zero attached hydrogens (tertiary/aromatic N) is 2. The van der Waals surface area contributed by atoms with Crippen molar-refractivity contribution in [3.8, 4) is 0 Å². The summed E-state index contributed by atoms with van der Waals surface area (Å²) in [6.45, 7) is 6.35. The van der Waals surface area contributed by atoms with Gasteiger partial charge in [-0.2, -0.15) is 0 Å². The quantitative estimate of drug-likeness (QED) is 0.790. The SMILES string of the molecule is C=CCN(CCO)C(=O)Nc1ccccc1N1CCCC1. The molecule has 0 spiro atoms. The van der Waals surface area contributed by atoms with E-state index < -0.39 is 0 Å². The van der Waals surface area contributed by atoms with E-state index in [-0.39, 0.29) is 12.6 Å². The fourth-order valence-electron chi connectivity index (χ4n) is 2.56. The summed E-state index contributed by atoms with van der Waals surface area (Å²) in [6.07, 6.45) is 4.03. The molecule has 2 N–H and O–H groups in total. The second kappa shape index (κ2) is 7.69. The van der Waals surface area contributed by atoms with Crippen LogP contribution in [0.4, 0.5) is 16.2 Å². The van der Waals surface area contributed by atoms with Gasteiger partial charge in [-0.25, -0.2) is 4.79 Å². The number of hydrogen-bond acceptors (Lipinski definition) is 3. The summed E-state index contributed by atoms with van der Waals surface area (Å²) in [6, 6.07) is 7.63. The third-order valence-corrected chi connectivity index (χ3v) is 3.60. The number of aliphatic hydroxyl groups is 1. The average molecular weight is 289 g/mol. The van der Waals surface area contributed by atoms with Crippen LogP contribution in [0.3, 0.4) is 0 Å². The van der Waals surface area contributed by atoms with Crippen LogP contribution in [0, 0.1) is 0 Å². The molecule has 5 nitrogen and oxygen atoms in total. The molecule has 0 bridgehead atoms. The van der Waals surface area contributed by atoms with E-state index in [1.807, 2.05) is 24.3 Å². The van der Waals surface area contributed by atoms with Crippen molar-refractivity contribution in [1.82, 2.24) is 4.90 Å². The summed E-state index contributed by atoms with van der Waals surface area (Å²) in [7, 11) is 0. The Balaban J connectivity index is 2.10. The molecule has 1 saturated heterocycles. The molecule has 1 aliphatic heterocycles. The summed E-state index contributed by atoms with van der Waals surface area (Å²) >= 11 is 0. The molecule has 2 rings (SSSR count). The molecule has 0 aliphatic carbocycles. The van der Waals surface area contributed by atoms with Gasteiger partial charge in [0.25, 0.3) is 0 Å². The van der Waals surface area contributed by atoms with Crippen molar-refractivity contribution in [2.75, 3.05) is 43.0 Å². The minimum absolute atomic E-state index is 0.0605. The Bertz CT molecular complexity index is 484. The van der Waals surface area contributed by atoms with Crippen LogP contribution in [0.2, 0.25) is 0 Å². The summed E-state index contributed by atoms with van der Waals surface area (Å²) < 4.78 is 0. The van der Waals surface area contributed by atoms with Crippen molar-refractivity contribution in [3.05, 3.63) is 36.9 Å². The number of carbonyl (C=O) groups excluding carboxylic acids is 1. The van der Waals surface area contributed by atoms with Crippen LogP contribution in [-0.2, 0) is 0 Å². The predicted octanol–water partition coefficient (Wildman–Crippen LogP) is 2.30. The Kier molecular flexibility index (Phi) is 5.63. The van der Waals surface area contributed by atoms with Crippen LogP contribution in [0.1, 0.15) is 12.8 Å². The second-order valence-electron chi connectivity index (χ2n) is 5.10. The number of rotatable bonds is 6. The Hall–Kier alpha value is -2.01. The van der Waals surface area contributed by atoms with Gasteiger partial charge in [-0.1, -0.05) is 18.2 Å². The molecule has 5 heteroatoms. The number of nitrogens with one attached hydrogen (secondary N) is 1. The van der Waals surface area contributed by atoms with Gasteiger partial charge in [0.15, 0.2) is 0 Å². The van der Waals surface area contributed by atoms with E-state index in [1.54, 1.807) is 6.08 Å². The third kappa shape index (κ3) is 3.98. The molecule has 1 fully saturated rings. The molecule has 1 heterocycles. The third-order valence-electron chi connectivity index (χ3n) is 3.60. The molecule has 0 saturated carbocycles. The molecule has 114 valence electrons. The van der Waals surface area contributed by atoms with Gasteiger partial charge in [0.05, 0.1) is 18.0 Å². The number of carbonyl (C=O) groups is 1. The van der Waals surface area contributed by atoms with E-state index in [0.717, 1.165) is 24.5 Å². The van der Waals surface area contributed by atoms with Crippen molar-refractivity contribution in [2.24, 2.45) is 0 Å². The van der Waals surface area contributed by atoms with Crippen molar-refractivity contribution in [3.63, 3.8) is 0 Å². The zero-order valence-corrected chi connectivity index (χ0v) is 12.3. The molecule has 0 radical (unpaired) electrons. The molecule has 21 heavy (non-hydrogen) atoms. The first kappa shape index (κ1) is 15.4. The minimum Gasteiger partial charge on any atom is -0.395 e. The lowest BCUT2D eigenvalue weighted by molar-refractivity contribution is 0.195. The Morgan fingerprint density at radius 2 is 2.10 bits per heavy atom. The Labute approximate surface area is 125 Å². The van der Waals surface area contributed by atoms with E-state index in [1.165, 1.54) is 17.7 Å². The highest BCUT2D eigenvalue weighted by Crippen LogP contribution is 2.28. The molecular formula is C16H23N3O2. The topological polar surface area (TPSA) is 55.8 Å². The first-order valence-electron chi connectivity index (χ1n) is 7.38. The number of anilines is 2. The normalized spacial score (nSPS) is 14.0. The molecule has 0 atom stereocenters. The van der Waals surface area contributed by atoms with Crippen LogP contribution >= 0.6 is 0 Å². The average Bonchev–Trinajstić information content (AvgIpc) is 3.01. The van der Waals surface area contributed by atoms with Gasteiger partial charge in [-0.05, 0) is 25.0 Å². The number of aliphatic hydroxyl groups excluding tert-OH is 1. The monoisotopic (exact) mass is 289 g/mol. The van der Waals surface area contributed by atoms with Gasteiger partial charge in [0.2, 0.25) is 0 Å². The minimum atomic E-state index is -0.212. The van der Waals surface area contributed by atoms with Gasteiger partial charge < -0.3 is 20.2 Å². The predicted molar refractivity (Wildman–Crippen MR) is 85.8 cm³/mol. The number of para-hydroxylation sites is 2. The molecule has 1 aromatic rings. The summed E-state index contributed by atoms with van der Waals surface area (Å²) in [5.41, 5.74) is 1.88. The fraction of sp³-hybridized carbons (Fsp3) is 0.438. The zero-order valence-electron chi connectivity index (χ0n) is 12.3. The van der Waals surface area contributed by atoms with Crippen molar-refractivity contribution < 1.29 is 9.90 Å². The highest BCUT2D eigenvalue weighted by molar-refractivity contribution is 5.93. The highest BCUT2D eigenvalue weighted by Gasteiger charge is 2.18. The standard InChI is InChI=1S/C16H23N3O2/c1-2-9-19(12-13-20)16(21)17-14-7-3-4-8-15(14)18-10-5-6-11-18/h2-4,7-8,20H,1,5-6,9-13H2,(H,17,21). The second-order valence-corrected chi connectivity index (χ2v) is 5.10. The zero-order chi connectivity index (χ0) is 15.1. The maximum absolute atomic E-state index is 12.3. The van der Waals surface area contributed by atoms with Gasteiger partial charge in [0.1, 0.15) is 0 Å². The molecule has 0 unspecified atom stereocenters. The molecular weight excluding hydrogens is 266 g/mol. The lowest BCUT2D eigenvalue weighted by atomic mass is 10.2. The first-order valence-corrected chi connectivity index (χ1v) is 7.38. The molecule has 1 aliphatic rings. The van der Waals surface area contributed by atoms with Crippen LogP contribution in [0.5, 0.6) is 0 Å². The van der Waals surface area contributed by atoms with Gasteiger partial charge >= 0.3 is 6.03 Å². The van der Waals surface area contributed by atoms with Gasteiger partial charge in [0, 0.05) is 26.2 Å². The Morgan fingerprint density at radius 3 is 2.76 bits per heavy atom. The molecule has 1 aromatic carbocycles. The molecule has 2 amide bonds. The van der Waals surface area contributed by atoms with E-state index in [0.29, 0.717) is 13.1 Å². The Morgan fingerprint density at radius 1 is 1.38 bits per heavy atom. The summed E-state index contributed by atoms with van der Waals surface area (Å²) in [5, 5.41) is 12.0. The van der Waals surface area contributed by atoms with Crippen LogP contribution in [0.15, 0.2) is 36.9 Å². The van der Waals surface area contributed by atoms with Crippen LogP contribution in [0.25, 0.3) is 0 Å². The number of urea groups is 1. The maximum Gasteiger partial charge on any atom is 0.322 e. The van der Waals surface area contributed by atoms with Crippen molar-refractivity contribution >= 4 is 17.4 Å². The lowest BCUT2D eigenvalue weighted by Gasteiger charge is -2.24. The van der Waals surface area contributed by atoms with Crippen LogP contribution < -0.4 is 10.2 Å². The van der Waals surface area contributed by atoms with Crippen molar-refractivity contribution in [1.29, 1.82) is 0 Å².